The number of imide groups is 1. The minimum absolute atomic E-state index is 0.0291. The van der Waals surface area contributed by atoms with Crippen LogP contribution >= 0.6 is 0 Å². The standard InChI is InChI=1S/C23H35N6O4/c1-14(2)29(15(3)4)18(31)13-28-22(32)19-20(27-10-8-26(9-11-27)17(6)30)16(5)12-24-21(19)25(7)23(28)33/h12,14-15,19H,8-11,13H2,1-7H3/q+1. The molecule has 0 spiro atoms. The van der Waals surface area contributed by atoms with Gasteiger partial charge in [0.25, 0.3) is 5.91 Å². The third-order valence-corrected chi connectivity index (χ3v) is 6.46. The number of amides is 5. The van der Waals surface area contributed by atoms with E-state index in [1.807, 2.05) is 34.6 Å². The summed E-state index contributed by atoms with van der Waals surface area (Å²) < 4.78 is 2.10. The molecule has 0 saturated carbocycles. The first-order chi connectivity index (χ1) is 15.5. The molecule has 0 aromatic carbocycles. The van der Waals surface area contributed by atoms with Crippen molar-refractivity contribution in [3.05, 3.63) is 11.8 Å². The summed E-state index contributed by atoms with van der Waals surface area (Å²) >= 11 is 0. The highest BCUT2D eigenvalue weighted by Gasteiger charge is 2.51. The number of carbonyl (C=O) groups is 4. The summed E-state index contributed by atoms with van der Waals surface area (Å²) in [6, 6.07) is -0.659. The van der Waals surface area contributed by atoms with E-state index >= 15 is 0 Å². The maximum absolute atomic E-state index is 13.7. The first kappa shape index (κ1) is 24.6. The topological polar surface area (TPSA) is 96.6 Å². The fourth-order valence-corrected chi connectivity index (χ4v) is 4.92. The SMILES string of the molecule is CC(=O)N1CC[N+](=C2C(C)=CN=C3C2C(=O)N(CC(=O)N(C(C)C)C(C)C)C(=O)N3C)CC1. The number of fused-ring (bicyclic) bond motifs is 1. The number of rotatable bonds is 4. The maximum Gasteiger partial charge on any atom is 0.332 e. The Balaban J connectivity index is 1.95. The average Bonchev–Trinajstić information content (AvgIpc) is 2.74. The molecule has 0 aromatic rings. The van der Waals surface area contributed by atoms with Crippen molar-refractivity contribution in [3.63, 3.8) is 0 Å². The lowest BCUT2D eigenvalue weighted by molar-refractivity contribution is -0.539. The van der Waals surface area contributed by atoms with Gasteiger partial charge in [0, 0.05) is 37.8 Å². The quantitative estimate of drug-likeness (QED) is 0.580. The van der Waals surface area contributed by atoms with Crippen LogP contribution in [0.1, 0.15) is 41.5 Å². The molecule has 3 rings (SSSR count). The molecule has 3 aliphatic heterocycles. The largest absolute Gasteiger partial charge is 0.336 e. The van der Waals surface area contributed by atoms with Crippen molar-refractivity contribution in [2.24, 2.45) is 10.9 Å². The molecule has 33 heavy (non-hydrogen) atoms. The van der Waals surface area contributed by atoms with Crippen LogP contribution in [0.3, 0.4) is 0 Å². The lowest BCUT2D eigenvalue weighted by Gasteiger charge is -2.40. The number of carbonyl (C=O) groups excluding carboxylic acids is 4. The number of hydrogen-bond acceptors (Lipinski definition) is 5. The lowest BCUT2D eigenvalue weighted by atomic mass is 9.90. The zero-order valence-electron chi connectivity index (χ0n) is 20.7. The van der Waals surface area contributed by atoms with Gasteiger partial charge < -0.3 is 9.80 Å². The van der Waals surface area contributed by atoms with Crippen molar-refractivity contribution >= 4 is 35.3 Å². The summed E-state index contributed by atoms with van der Waals surface area (Å²) in [6.07, 6.45) is 1.68. The van der Waals surface area contributed by atoms with E-state index in [-0.39, 0.29) is 30.4 Å². The summed E-state index contributed by atoms with van der Waals surface area (Å²) in [7, 11) is 1.58. The van der Waals surface area contributed by atoms with Gasteiger partial charge in [-0.1, -0.05) is 0 Å². The van der Waals surface area contributed by atoms with Gasteiger partial charge in [0.05, 0.1) is 13.1 Å². The fourth-order valence-electron chi connectivity index (χ4n) is 4.92. The minimum Gasteiger partial charge on any atom is -0.336 e. The van der Waals surface area contributed by atoms with Crippen LogP contribution in [0.5, 0.6) is 0 Å². The summed E-state index contributed by atoms with van der Waals surface area (Å²) in [5.41, 5.74) is 1.63. The molecule has 180 valence electrons. The molecule has 3 heterocycles. The van der Waals surface area contributed by atoms with E-state index in [0.717, 1.165) is 16.2 Å². The fraction of sp³-hybridized carbons (Fsp3) is 0.652. The normalized spacial score (nSPS) is 21.5. The first-order valence-corrected chi connectivity index (χ1v) is 11.5. The lowest BCUT2D eigenvalue weighted by Crippen LogP contribution is -2.64. The van der Waals surface area contributed by atoms with Crippen LogP contribution in [-0.4, -0.2) is 111 Å². The van der Waals surface area contributed by atoms with Crippen molar-refractivity contribution in [3.8, 4) is 0 Å². The smallest absolute Gasteiger partial charge is 0.332 e. The monoisotopic (exact) mass is 459 g/mol. The summed E-state index contributed by atoms with van der Waals surface area (Å²) in [5.74, 6) is -1.07. The van der Waals surface area contributed by atoms with Gasteiger partial charge in [-0.2, -0.15) is 0 Å². The Morgan fingerprint density at radius 1 is 1.15 bits per heavy atom. The van der Waals surface area contributed by atoms with Crippen LogP contribution in [-0.2, 0) is 14.4 Å². The third-order valence-electron chi connectivity index (χ3n) is 6.46. The summed E-state index contributed by atoms with van der Waals surface area (Å²) in [6.45, 7) is 13.1. The molecule has 3 aliphatic rings. The van der Waals surface area contributed by atoms with E-state index < -0.39 is 17.9 Å². The van der Waals surface area contributed by atoms with Crippen molar-refractivity contribution in [2.45, 2.75) is 53.6 Å². The van der Waals surface area contributed by atoms with Crippen LogP contribution < -0.4 is 0 Å². The average molecular weight is 460 g/mol. The number of nitrogens with zero attached hydrogens (tertiary/aromatic N) is 6. The molecule has 10 heteroatoms. The van der Waals surface area contributed by atoms with Crippen LogP contribution in [0, 0.1) is 5.92 Å². The van der Waals surface area contributed by atoms with Gasteiger partial charge >= 0.3 is 6.03 Å². The molecule has 10 nitrogen and oxygen atoms in total. The highest BCUT2D eigenvalue weighted by atomic mass is 16.2. The van der Waals surface area contributed by atoms with E-state index in [4.69, 9.17) is 0 Å². The number of urea groups is 1. The Morgan fingerprint density at radius 3 is 2.24 bits per heavy atom. The molecule has 0 radical (unpaired) electrons. The van der Waals surface area contributed by atoms with Gasteiger partial charge in [0.15, 0.2) is 19.0 Å². The Labute approximate surface area is 195 Å². The second-order valence-corrected chi connectivity index (χ2v) is 9.37. The Morgan fingerprint density at radius 2 is 1.73 bits per heavy atom. The van der Waals surface area contributed by atoms with Crippen LogP contribution in [0.25, 0.3) is 0 Å². The zero-order chi connectivity index (χ0) is 24.6. The molecule has 0 N–H and O–H groups in total. The number of amidine groups is 1. The molecule has 0 bridgehead atoms. The molecule has 0 aromatic heterocycles. The highest BCUT2D eigenvalue weighted by Crippen LogP contribution is 2.26. The number of aliphatic imine (C=N–C) groups is 1. The Hall–Kier alpha value is -3.04. The van der Waals surface area contributed by atoms with Gasteiger partial charge in [0.1, 0.15) is 12.4 Å². The Bertz CT molecular complexity index is 946. The molecule has 5 amide bonds. The molecule has 1 unspecified atom stereocenters. The first-order valence-electron chi connectivity index (χ1n) is 11.5. The van der Waals surface area contributed by atoms with E-state index in [1.165, 1.54) is 4.90 Å². The van der Waals surface area contributed by atoms with Gasteiger partial charge in [-0.05, 0) is 34.6 Å². The molecule has 2 fully saturated rings. The molecular weight excluding hydrogens is 424 g/mol. The van der Waals surface area contributed by atoms with E-state index in [0.29, 0.717) is 32.0 Å². The van der Waals surface area contributed by atoms with Crippen LogP contribution in [0.15, 0.2) is 16.8 Å². The van der Waals surface area contributed by atoms with Crippen molar-refractivity contribution in [1.82, 2.24) is 19.6 Å². The summed E-state index contributed by atoms with van der Waals surface area (Å²) in [5, 5.41) is 0. The van der Waals surface area contributed by atoms with Crippen molar-refractivity contribution in [1.29, 1.82) is 0 Å². The Kier molecular flexibility index (Phi) is 7.04. The van der Waals surface area contributed by atoms with Crippen LogP contribution in [0.4, 0.5) is 4.79 Å². The minimum atomic E-state index is -0.763. The van der Waals surface area contributed by atoms with Gasteiger partial charge in [-0.25, -0.2) is 14.4 Å². The number of piperazine rings is 1. The summed E-state index contributed by atoms with van der Waals surface area (Å²) in [4.78, 5) is 61.8. The zero-order valence-corrected chi connectivity index (χ0v) is 20.7. The number of hydrogen-bond donors (Lipinski definition) is 0. The molecule has 2 saturated heterocycles. The third kappa shape index (κ3) is 4.56. The predicted octanol–water partition coefficient (Wildman–Crippen LogP) is 0.774. The highest BCUT2D eigenvalue weighted by molar-refractivity contribution is 6.32. The van der Waals surface area contributed by atoms with Crippen molar-refractivity contribution < 1.29 is 23.8 Å². The van der Waals surface area contributed by atoms with Crippen molar-refractivity contribution in [2.75, 3.05) is 39.8 Å². The maximum atomic E-state index is 13.7. The predicted molar refractivity (Wildman–Crippen MR) is 124 cm³/mol. The van der Waals surface area contributed by atoms with Gasteiger partial charge in [0.2, 0.25) is 17.5 Å². The second kappa shape index (κ2) is 9.44. The molecular formula is C23H35N6O4+. The van der Waals surface area contributed by atoms with E-state index in [9.17, 15) is 19.2 Å². The second-order valence-electron chi connectivity index (χ2n) is 9.37. The van der Waals surface area contributed by atoms with E-state index in [2.05, 4.69) is 9.57 Å². The number of allylic oxidation sites excluding steroid dienone is 1. The van der Waals surface area contributed by atoms with Crippen LogP contribution in [0.2, 0.25) is 0 Å². The van der Waals surface area contributed by atoms with Gasteiger partial charge in [-0.15, -0.1) is 0 Å². The van der Waals surface area contributed by atoms with Gasteiger partial charge in [-0.3, -0.25) is 24.2 Å². The molecule has 0 aliphatic carbocycles. The molecule has 1 atom stereocenters. The van der Waals surface area contributed by atoms with E-state index in [1.54, 1.807) is 30.0 Å².